The molecule has 0 saturated carbocycles. The van der Waals surface area contributed by atoms with Gasteiger partial charge < -0.3 is 89.9 Å². The van der Waals surface area contributed by atoms with E-state index in [2.05, 4.69) is 40.8 Å². The quantitative estimate of drug-likeness (QED) is 0.0927. The fraction of sp³-hybridized carbons (Fsp3) is 0.0357. The second kappa shape index (κ2) is 34.5. The van der Waals surface area contributed by atoms with E-state index in [1.165, 1.54) is 19.3 Å². The van der Waals surface area contributed by atoms with Crippen LogP contribution in [0.3, 0.4) is 0 Å². The van der Waals surface area contributed by atoms with Gasteiger partial charge in [0.15, 0.2) is 12.4 Å². The van der Waals surface area contributed by atoms with E-state index in [9.17, 15) is 39.7 Å². The fourth-order valence-corrected chi connectivity index (χ4v) is 4.27. The second-order valence-corrected chi connectivity index (χ2v) is 10.3. The van der Waals surface area contributed by atoms with E-state index in [4.69, 9.17) is 15.8 Å². The molecule has 0 unspecified atom stereocenters. The van der Waals surface area contributed by atoms with Crippen LogP contribution in [0.5, 0.6) is 0 Å². The number of hydrogen-bond donors (Lipinski definition) is 0. The maximum Gasteiger partial charge on any atom is 3.00 e. The minimum Gasteiger partial charge on any atom is -1.00 e. The van der Waals surface area contributed by atoms with Crippen molar-refractivity contribution in [2.24, 2.45) is 0 Å². The summed E-state index contributed by atoms with van der Waals surface area (Å²) in [6, 6.07) is 20.1. The molecule has 0 aliphatic heterocycles. The fourth-order valence-electron chi connectivity index (χ4n) is 4.27. The molecule has 0 N–H and O–H groups in total. The smallest absolute Gasteiger partial charge is 1.00 e. The number of pyridine rings is 1. The van der Waals surface area contributed by atoms with E-state index in [1.807, 2.05) is 101 Å². The molecule has 0 saturated heterocycles. The van der Waals surface area contributed by atoms with Gasteiger partial charge in [-0.25, -0.2) is 30.6 Å². The summed E-state index contributed by atoms with van der Waals surface area (Å²) in [4.78, 5) is 7.25. The summed E-state index contributed by atoms with van der Waals surface area (Å²) >= 11 is 0. The normalized spacial score (nSPS) is 9.45. The first-order valence-electron chi connectivity index (χ1n) is 16.3. The first-order chi connectivity index (χ1) is 28.2. The predicted octanol–water partition coefficient (Wildman–Crippen LogP) is -0.0834. The molecule has 8 aromatic rings. The first-order valence-corrected chi connectivity index (χ1v) is 16.3. The van der Waals surface area contributed by atoms with Crippen LogP contribution in [0.15, 0.2) is 160 Å². The average molecular weight is 1070 g/mol. The Balaban J connectivity index is -0.000000701. The van der Waals surface area contributed by atoms with Crippen LogP contribution in [-0.2, 0) is 39.0 Å². The zero-order valence-corrected chi connectivity index (χ0v) is 35.8. The Bertz CT molecular complexity index is 1820. The number of nitriles is 1. The van der Waals surface area contributed by atoms with Crippen molar-refractivity contribution in [2.45, 2.75) is 6.92 Å². The Morgan fingerprint density at radius 2 is 0.774 bits per heavy atom. The summed E-state index contributed by atoms with van der Waals surface area (Å²) in [6.45, 7) is 1.43. The third-order valence-electron chi connectivity index (χ3n) is 6.15. The molecule has 0 aliphatic rings. The predicted molar refractivity (Wildman–Crippen MR) is 200 cm³/mol. The Kier molecular flexibility index (Phi) is 33.4. The number of hydrogen-bond acceptors (Lipinski definition) is 10. The zero-order chi connectivity index (χ0) is 43.9. The van der Waals surface area contributed by atoms with Crippen LogP contribution in [0.2, 0.25) is 0 Å². The molecule has 3 radical (unpaired) electrons. The van der Waals surface area contributed by atoms with Crippen LogP contribution in [-0.4, -0.2) is 92.0 Å². The number of rotatable bonds is 6. The molecule has 34 heteroatoms. The molecule has 0 fully saturated rings. The Morgan fingerprint density at radius 3 is 0.887 bits per heavy atom. The summed E-state index contributed by atoms with van der Waals surface area (Å²) in [5.74, 6) is 0. The van der Waals surface area contributed by atoms with Crippen molar-refractivity contribution < 1.29 is 90.6 Å². The molecule has 0 spiro atoms. The summed E-state index contributed by atoms with van der Waals surface area (Å²) in [7, 11) is -14.2. The number of halogens is 9. The van der Waals surface area contributed by atoms with E-state index in [-0.39, 0.29) is 51.4 Å². The van der Waals surface area contributed by atoms with Gasteiger partial charge >= 0.3 is 67.7 Å². The van der Waals surface area contributed by atoms with Gasteiger partial charge in [0.05, 0.1) is 6.07 Å². The summed E-state index contributed by atoms with van der Waals surface area (Å²) < 4.78 is 90.0. The molecular formula is C28H31B4ClF8N17O2Ru2. The van der Waals surface area contributed by atoms with Crippen molar-refractivity contribution in [3.05, 3.63) is 170 Å². The van der Waals surface area contributed by atoms with Crippen molar-refractivity contribution in [3.63, 3.8) is 0 Å². The monoisotopic (exact) mass is 1070 g/mol. The summed E-state index contributed by atoms with van der Waals surface area (Å²) in [5, 5.41) is 50.0. The average Bonchev–Trinajstić information content (AvgIpc) is 4.06. The molecule has 8 heterocycles. The molecule has 0 aromatic carbocycles. The van der Waals surface area contributed by atoms with Gasteiger partial charge in [-0.2, -0.15) is 16.2 Å². The van der Waals surface area contributed by atoms with Crippen molar-refractivity contribution in [1.82, 2.24) is 73.9 Å². The van der Waals surface area contributed by atoms with Gasteiger partial charge in [0, 0.05) is 62.4 Å². The van der Waals surface area contributed by atoms with E-state index in [0.29, 0.717) is 0 Å². The van der Waals surface area contributed by atoms with Gasteiger partial charge in [0.25, 0.3) is 0 Å². The van der Waals surface area contributed by atoms with Gasteiger partial charge in [0.1, 0.15) is 5.59 Å². The minimum absolute atomic E-state index is 0. The third-order valence-corrected chi connectivity index (χ3v) is 6.15. The SMILES string of the molecule is CC#N.F[B-](F)(F)F.F[B-](F)(F)F.[Cl-].[N]=O.[O-][n+]1ccccc1.[Ru+3].[Ru+3].c1cn[n-]c1.c1cnn([BH-](n2cccn2)n2cccn2)c1.c1cnn([BH-](n2cccn2)n2cccn2)c1. The maximum absolute atomic E-state index is 10.2. The van der Waals surface area contributed by atoms with Gasteiger partial charge in [-0.15, -0.1) is 4.91 Å². The van der Waals surface area contributed by atoms with Crippen LogP contribution in [0.25, 0.3) is 0 Å². The zero-order valence-electron chi connectivity index (χ0n) is 31.6. The molecule has 8 aromatic heterocycles. The first kappa shape index (κ1) is 60.1. The van der Waals surface area contributed by atoms with Crippen LogP contribution in [0.4, 0.5) is 34.5 Å². The van der Waals surface area contributed by atoms with Gasteiger partial charge in [0.2, 0.25) is 0 Å². The standard InChI is InChI=1S/2C9H10BN6.C5H5NO.C3H3N2.C2H3N.2BF4.ClH.NO.2Ru/c2*1-4-11-14(7-1)10(15-8-2-5-12-15)16-9-3-6-13-16;7-6-4-2-1-3-5-6;1-2-4-5-3-1;1-2-3;2*2-1(3,4)5;;1-2;;/h2*1-10H;1-5H;1-3H;1H3;;;1H;;;/q2*-1;;-1;;2*-1;;;2*+3/p-1. The van der Waals surface area contributed by atoms with E-state index >= 15 is 0 Å². The van der Waals surface area contributed by atoms with Gasteiger partial charge in [-0.05, 0) is 73.6 Å². The summed E-state index contributed by atoms with van der Waals surface area (Å²) in [6.07, 6.45) is 28.2. The summed E-state index contributed by atoms with van der Waals surface area (Å²) in [5.41, 5.74) is 5.75. The van der Waals surface area contributed by atoms with E-state index < -0.39 is 28.7 Å². The van der Waals surface area contributed by atoms with Crippen molar-refractivity contribution in [1.29, 1.82) is 5.26 Å². The van der Waals surface area contributed by atoms with Crippen LogP contribution >= 0.6 is 0 Å². The molecule has 0 bridgehead atoms. The maximum atomic E-state index is 10.2. The topological polar surface area (TPSA) is 224 Å². The van der Waals surface area contributed by atoms with Crippen LogP contribution in [0.1, 0.15) is 6.92 Å². The van der Waals surface area contributed by atoms with Crippen molar-refractivity contribution >= 4 is 28.7 Å². The number of nitrogens with zero attached hydrogens (tertiary/aromatic N) is 17. The molecule has 62 heavy (non-hydrogen) atoms. The Hall–Kier alpha value is -6.25. The number of aromatic nitrogens is 15. The largest absolute Gasteiger partial charge is 3.00 e. The number of nitroso groups, excluding NO2 is 1. The van der Waals surface area contributed by atoms with Gasteiger partial charge in [-0.3, -0.25) is 0 Å². The van der Waals surface area contributed by atoms with Crippen LogP contribution < -0.4 is 27.8 Å². The molecule has 0 amide bonds. The molecule has 0 atom stereocenters. The van der Waals surface area contributed by atoms with E-state index in [0.717, 1.165) is 4.73 Å². The molecule has 0 aliphatic carbocycles. The second-order valence-electron chi connectivity index (χ2n) is 10.3. The molecule has 19 nitrogen and oxygen atoms in total. The molecular weight excluding hydrogens is 1040 g/mol. The molecule has 331 valence electrons. The van der Waals surface area contributed by atoms with E-state index in [1.54, 1.807) is 79.9 Å². The van der Waals surface area contributed by atoms with Crippen LogP contribution in [0, 0.1) is 21.4 Å². The van der Waals surface area contributed by atoms with Crippen molar-refractivity contribution in [2.75, 3.05) is 0 Å². The van der Waals surface area contributed by atoms with Gasteiger partial charge in [-0.1, -0.05) is 12.1 Å². The van der Waals surface area contributed by atoms with Crippen molar-refractivity contribution in [3.8, 4) is 6.07 Å². The third kappa shape index (κ3) is 28.3. The molecule has 8 rings (SSSR count). The Labute approximate surface area is 379 Å². The minimum atomic E-state index is -6.00. The Morgan fingerprint density at radius 1 is 0.532 bits per heavy atom.